The van der Waals surface area contributed by atoms with E-state index in [0.717, 1.165) is 5.92 Å². The minimum Gasteiger partial charge on any atom is -0.317 e. The van der Waals surface area contributed by atoms with Gasteiger partial charge < -0.3 is 5.32 Å². The predicted molar refractivity (Wildman–Crippen MR) is 74.5 cm³/mol. The fourth-order valence-electron chi connectivity index (χ4n) is 2.97. The highest BCUT2D eigenvalue weighted by molar-refractivity contribution is 5.32. The Morgan fingerprint density at radius 2 is 2.18 bits per heavy atom. The molecule has 0 radical (unpaired) electrons. The summed E-state index contributed by atoms with van der Waals surface area (Å²) in [6.45, 7) is 2.27. The fraction of sp³-hybridized carbons (Fsp3) is 0.625. The van der Waals surface area contributed by atoms with Crippen molar-refractivity contribution in [1.29, 1.82) is 0 Å². The summed E-state index contributed by atoms with van der Waals surface area (Å²) in [5.41, 5.74) is 3.24. The molecular weight excluding hydrogens is 206 g/mol. The van der Waals surface area contributed by atoms with E-state index in [1.807, 2.05) is 0 Å². The van der Waals surface area contributed by atoms with E-state index in [1.165, 1.54) is 38.5 Å². The van der Waals surface area contributed by atoms with E-state index in [0.29, 0.717) is 6.04 Å². The predicted octanol–water partition coefficient (Wildman–Crippen LogP) is 3.88. The zero-order valence-corrected chi connectivity index (χ0v) is 11.2. The first-order valence-corrected chi connectivity index (χ1v) is 7.06. The van der Waals surface area contributed by atoms with Crippen molar-refractivity contribution in [3.8, 4) is 0 Å². The van der Waals surface area contributed by atoms with Gasteiger partial charge in [-0.05, 0) is 63.1 Å². The molecular formula is C16H25N. The molecule has 0 fully saturated rings. The molecule has 1 aromatic rings. The number of fused-ring (bicyclic) bond motifs is 1. The summed E-state index contributed by atoms with van der Waals surface area (Å²) >= 11 is 0. The Morgan fingerprint density at radius 1 is 1.35 bits per heavy atom. The lowest BCUT2D eigenvalue weighted by Gasteiger charge is -2.25. The van der Waals surface area contributed by atoms with Crippen molar-refractivity contribution in [2.24, 2.45) is 0 Å². The molecule has 1 aromatic carbocycles. The van der Waals surface area contributed by atoms with Crippen LogP contribution in [0, 0.1) is 0 Å². The van der Waals surface area contributed by atoms with Crippen molar-refractivity contribution < 1.29 is 0 Å². The zero-order chi connectivity index (χ0) is 12.1. The van der Waals surface area contributed by atoms with Crippen LogP contribution < -0.4 is 5.32 Å². The maximum atomic E-state index is 3.32. The van der Waals surface area contributed by atoms with Gasteiger partial charge in [-0.15, -0.1) is 0 Å². The van der Waals surface area contributed by atoms with Gasteiger partial charge in [0.25, 0.3) is 0 Å². The first-order chi connectivity index (χ1) is 8.31. The first kappa shape index (κ1) is 12.6. The Morgan fingerprint density at radius 3 is 3.00 bits per heavy atom. The molecule has 0 saturated heterocycles. The highest BCUT2D eigenvalue weighted by atomic mass is 14.8. The largest absolute Gasteiger partial charge is 0.317 e. The molecule has 1 heteroatoms. The summed E-state index contributed by atoms with van der Waals surface area (Å²) in [4.78, 5) is 0. The van der Waals surface area contributed by atoms with Crippen LogP contribution in [0.3, 0.4) is 0 Å². The highest BCUT2D eigenvalue weighted by Crippen LogP contribution is 2.34. The molecule has 17 heavy (non-hydrogen) atoms. The Balaban J connectivity index is 1.90. The second-order valence-corrected chi connectivity index (χ2v) is 5.41. The lowest BCUT2D eigenvalue weighted by Crippen LogP contribution is -2.21. The van der Waals surface area contributed by atoms with E-state index in [1.54, 1.807) is 11.1 Å². The molecule has 2 unspecified atom stereocenters. The Kier molecular flexibility index (Phi) is 4.61. The van der Waals surface area contributed by atoms with Crippen LogP contribution in [0.25, 0.3) is 0 Å². The Labute approximate surface area is 106 Å². The van der Waals surface area contributed by atoms with Crippen LogP contribution in [0.1, 0.15) is 56.1 Å². The van der Waals surface area contributed by atoms with E-state index < -0.39 is 0 Å². The second kappa shape index (κ2) is 6.20. The molecule has 1 aliphatic carbocycles. The minimum absolute atomic E-state index is 0.661. The van der Waals surface area contributed by atoms with Gasteiger partial charge in [0, 0.05) is 6.04 Å². The standard InChI is InChI=1S/C16H25N/c1-13(17-2)7-5-9-15-11-6-10-14-8-3-4-12-16(14)15/h3-4,8,12-13,15,17H,5-7,9-11H2,1-2H3. The van der Waals surface area contributed by atoms with E-state index >= 15 is 0 Å². The second-order valence-electron chi connectivity index (χ2n) is 5.41. The number of aryl methyl sites for hydroxylation is 1. The van der Waals surface area contributed by atoms with Crippen molar-refractivity contribution in [2.75, 3.05) is 7.05 Å². The van der Waals surface area contributed by atoms with Gasteiger partial charge in [0.05, 0.1) is 0 Å². The lowest BCUT2D eigenvalue weighted by atomic mass is 9.80. The molecule has 0 saturated carbocycles. The van der Waals surface area contributed by atoms with Crippen LogP contribution >= 0.6 is 0 Å². The van der Waals surface area contributed by atoms with Gasteiger partial charge in [0.1, 0.15) is 0 Å². The van der Waals surface area contributed by atoms with E-state index in [4.69, 9.17) is 0 Å². The van der Waals surface area contributed by atoms with Crippen LogP contribution in [0.2, 0.25) is 0 Å². The van der Waals surface area contributed by atoms with Gasteiger partial charge in [-0.25, -0.2) is 0 Å². The van der Waals surface area contributed by atoms with Crippen LogP contribution in [0.5, 0.6) is 0 Å². The molecule has 0 aliphatic heterocycles. The van der Waals surface area contributed by atoms with Crippen molar-refractivity contribution in [3.63, 3.8) is 0 Å². The van der Waals surface area contributed by atoms with Crippen molar-refractivity contribution >= 4 is 0 Å². The van der Waals surface area contributed by atoms with Crippen molar-refractivity contribution in [3.05, 3.63) is 35.4 Å². The molecule has 0 bridgehead atoms. The Bertz CT molecular complexity index is 345. The van der Waals surface area contributed by atoms with Gasteiger partial charge in [0.2, 0.25) is 0 Å². The number of hydrogen-bond acceptors (Lipinski definition) is 1. The average Bonchev–Trinajstić information content (AvgIpc) is 2.39. The third kappa shape index (κ3) is 3.32. The molecule has 0 spiro atoms. The molecule has 1 aliphatic rings. The zero-order valence-electron chi connectivity index (χ0n) is 11.2. The van der Waals surface area contributed by atoms with Gasteiger partial charge in [0.15, 0.2) is 0 Å². The Hall–Kier alpha value is -0.820. The maximum Gasteiger partial charge on any atom is 0.00357 e. The van der Waals surface area contributed by atoms with Crippen LogP contribution in [-0.2, 0) is 6.42 Å². The molecule has 2 rings (SSSR count). The van der Waals surface area contributed by atoms with Crippen LogP contribution in [0.15, 0.2) is 24.3 Å². The fourth-order valence-corrected chi connectivity index (χ4v) is 2.97. The lowest BCUT2D eigenvalue weighted by molar-refractivity contribution is 0.462. The summed E-state index contributed by atoms with van der Waals surface area (Å²) < 4.78 is 0. The summed E-state index contributed by atoms with van der Waals surface area (Å²) in [5, 5.41) is 3.32. The third-order valence-corrected chi connectivity index (χ3v) is 4.18. The van der Waals surface area contributed by atoms with Gasteiger partial charge in [-0.1, -0.05) is 30.7 Å². The SMILES string of the molecule is CNC(C)CCCC1CCCc2ccccc21. The molecule has 0 heterocycles. The van der Waals surface area contributed by atoms with Crippen molar-refractivity contribution in [2.45, 2.75) is 57.4 Å². The van der Waals surface area contributed by atoms with Gasteiger partial charge in [-0.2, -0.15) is 0 Å². The average molecular weight is 231 g/mol. The number of benzene rings is 1. The summed E-state index contributed by atoms with van der Waals surface area (Å²) in [6.07, 6.45) is 8.08. The molecule has 2 atom stereocenters. The summed E-state index contributed by atoms with van der Waals surface area (Å²) in [6, 6.07) is 9.71. The molecule has 0 aromatic heterocycles. The van der Waals surface area contributed by atoms with Crippen LogP contribution in [-0.4, -0.2) is 13.1 Å². The summed E-state index contributed by atoms with van der Waals surface area (Å²) in [5.74, 6) is 0.823. The highest BCUT2D eigenvalue weighted by Gasteiger charge is 2.19. The quantitative estimate of drug-likeness (QED) is 0.811. The monoisotopic (exact) mass is 231 g/mol. The smallest absolute Gasteiger partial charge is 0.00357 e. The van der Waals surface area contributed by atoms with Crippen LogP contribution in [0.4, 0.5) is 0 Å². The van der Waals surface area contributed by atoms with Gasteiger partial charge in [-0.3, -0.25) is 0 Å². The van der Waals surface area contributed by atoms with E-state index in [9.17, 15) is 0 Å². The molecule has 1 N–H and O–H groups in total. The number of hydrogen-bond donors (Lipinski definition) is 1. The number of nitrogens with one attached hydrogen (secondary N) is 1. The minimum atomic E-state index is 0.661. The number of rotatable bonds is 5. The first-order valence-electron chi connectivity index (χ1n) is 7.06. The topological polar surface area (TPSA) is 12.0 Å². The normalized spacial score (nSPS) is 20.9. The molecule has 0 amide bonds. The van der Waals surface area contributed by atoms with E-state index in [-0.39, 0.29) is 0 Å². The molecule has 1 nitrogen and oxygen atoms in total. The van der Waals surface area contributed by atoms with E-state index in [2.05, 4.69) is 43.6 Å². The van der Waals surface area contributed by atoms with Crippen molar-refractivity contribution in [1.82, 2.24) is 5.32 Å². The summed E-state index contributed by atoms with van der Waals surface area (Å²) in [7, 11) is 2.06. The maximum absolute atomic E-state index is 3.32. The molecule has 94 valence electrons. The third-order valence-electron chi connectivity index (χ3n) is 4.18. The van der Waals surface area contributed by atoms with Gasteiger partial charge >= 0.3 is 0 Å².